The van der Waals surface area contributed by atoms with Gasteiger partial charge in [-0.15, -0.1) is 0 Å². The molecule has 3 aromatic rings. The molecule has 0 fully saturated rings. The van der Waals surface area contributed by atoms with Crippen molar-refractivity contribution in [2.45, 2.75) is 57.6 Å². The van der Waals surface area contributed by atoms with Crippen LogP contribution in [0.3, 0.4) is 0 Å². The fourth-order valence-electron chi connectivity index (χ4n) is 4.01. The lowest BCUT2D eigenvalue weighted by molar-refractivity contribution is -0.139. The van der Waals surface area contributed by atoms with E-state index in [0.29, 0.717) is 15.9 Å². The number of aryl methyl sites for hydroxylation is 1. The van der Waals surface area contributed by atoms with Crippen molar-refractivity contribution < 1.29 is 22.7 Å². The van der Waals surface area contributed by atoms with E-state index in [1.807, 2.05) is 45.0 Å². The minimum Gasteiger partial charge on any atom is -0.496 e. The van der Waals surface area contributed by atoms with Crippen molar-refractivity contribution in [3.05, 3.63) is 86.8 Å². The maximum Gasteiger partial charge on any atom is 0.264 e. The first-order valence-corrected chi connectivity index (χ1v) is 16.2. The summed E-state index contributed by atoms with van der Waals surface area (Å²) in [6, 6.07) is 17.8. The Labute approximate surface area is 259 Å². The van der Waals surface area contributed by atoms with Gasteiger partial charge in [-0.25, -0.2) is 8.42 Å². The van der Waals surface area contributed by atoms with Crippen molar-refractivity contribution in [2.75, 3.05) is 18.0 Å². The van der Waals surface area contributed by atoms with Gasteiger partial charge >= 0.3 is 0 Å². The second-order valence-corrected chi connectivity index (χ2v) is 13.4. The van der Waals surface area contributed by atoms with Crippen LogP contribution in [0.4, 0.5) is 5.69 Å². The Morgan fingerprint density at radius 1 is 0.976 bits per heavy atom. The molecule has 8 nitrogen and oxygen atoms in total. The van der Waals surface area contributed by atoms with Crippen LogP contribution < -0.4 is 14.4 Å². The number of carbonyl (C=O) groups is 2. The molecule has 1 N–H and O–H groups in total. The number of halogens is 2. The number of rotatable bonds is 12. The van der Waals surface area contributed by atoms with Gasteiger partial charge in [-0.05, 0) is 91.1 Å². The third kappa shape index (κ3) is 8.33. The molecule has 11 heteroatoms. The second-order valence-electron chi connectivity index (χ2n) is 9.79. The van der Waals surface area contributed by atoms with Crippen LogP contribution >= 0.6 is 31.9 Å². The Balaban J connectivity index is 2.04. The van der Waals surface area contributed by atoms with Gasteiger partial charge in [0.05, 0.1) is 22.2 Å². The quantitative estimate of drug-likeness (QED) is 0.247. The second kappa shape index (κ2) is 14.3. The van der Waals surface area contributed by atoms with Gasteiger partial charge < -0.3 is 15.0 Å². The van der Waals surface area contributed by atoms with Gasteiger partial charge in [-0.1, -0.05) is 52.7 Å². The van der Waals surface area contributed by atoms with Gasteiger partial charge in [-0.2, -0.15) is 0 Å². The van der Waals surface area contributed by atoms with Crippen LogP contribution in [0.25, 0.3) is 0 Å². The van der Waals surface area contributed by atoms with Gasteiger partial charge in [0.2, 0.25) is 11.8 Å². The molecular formula is C30H35Br2N3O5S. The zero-order chi connectivity index (χ0) is 30.3. The Hall–Kier alpha value is -2.89. The molecule has 0 aliphatic heterocycles. The molecule has 0 unspecified atom stereocenters. The van der Waals surface area contributed by atoms with E-state index in [1.54, 1.807) is 37.3 Å². The van der Waals surface area contributed by atoms with Crippen molar-refractivity contribution in [3.63, 3.8) is 0 Å². The molecule has 0 aliphatic carbocycles. The first-order chi connectivity index (χ1) is 19.4. The Kier molecular flexibility index (Phi) is 11.4. The first kappa shape index (κ1) is 32.6. The number of methoxy groups -OCH3 is 1. The molecule has 220 valence electrons. The minimum absolute atomic E-state index is 0.0134. The molecule has 3 rings (SSSR count). The maximum atomic E-state index is 14.0. The van der Waals surface area contributed by atoms with Gasteiger partial charge in [-0.3, -0.25) is 13.9 Å². The summed E-state index contributed by atoms with van der Waals surface area (Å²) < 4.78 is 35.7. The number of ether oxygens (including phenoxy) is 1. The van der Waals surface area contributed by atoms with E-state index >= 15 is 0 Å². The average molecular weight is 710 g/mol. The molecule has 41 heavy (non-hydrogen) atoms. The largest absolute Gasteiger partial charge is 0.496 e. The summed E-state index contributed by atoms with van der Waals surface area (Å²) in [5.74, 6) is -0.353. The summed E-state index contributed by atoms with van der Waals surface area (Å²) in [7, 11) is -2.71. The van der Waals surface area contributed by atoms with E-state index in [1.165, 1.54) is 24.1 Å². The highest BCUT2D eigenvalue weighted by Crippen LogP contribution is 2.31. The summed E-state index contributed by atoms with van der Waals surface area (Å²) in [5, 5.41) is 2.93. The molecule has 0 saturated heterocycles. The fraction of sp³-hybridized carbons (Fsp3) is 0.333. The van der Waals surface area contributed by atoms with E-state index in [2.05, 4.69) is 37.2 Å². The molecule has 0 spiro atoms. The number of sulfonamides is 1. The van der Waals surface area contributed by atoms with Gasteiger partial charge in [0.15, 0.2) is 0 Å². The summed E-state index contributed by atoms with van der Waals surface area (Å²) in [6.45, 7) is 7.02. The topological polar surface area (TPSA) is 96.0 Å². The van der Waals surface area contributed by atoms with Gasteiger partial charge in [0, 0.05) is 17.1 Å². The number of nitrogens with one attached hydrogen (secondary N) is 1. The minimum atomic E-state index is -4.20. The van der Waals surface area contributed by atoms with Crippen LogP contribution in [-0.2, 0) is 26.2 Å². The Morgan fingerprint density at radius 2 is 1.61 bits per heavy atom. The fourth-order valence-corrected chi connectivity index (χ4v) is 6.41. The van der Waals surface area contributed by atoms with E-state index in [0.717, 1.165) is 26.3 Å². The highest BCUT2D eigenvalue weighted by atomic mass is 79.9. The third-order valence-electron chi connectivity index (χ3n) is 6.75. The van der Waals surface area contributed by atoms with Crippen molar-refractivity contribution in [1.29, 1.82) is 0 Å². The monoisotopic (exact) mass is 707 g/mol. The molecule has 0 bridgehead atoms. The SMILES string of the molecule is CC[C@@H](C)NC(=O)[C@@H](C)N(Cc1ccc(Br)cc1)C(=O)CN(c1ccc(C)cc1)S(=O)(=O)c1ccc(OC)c(Br)c1. The number of benzene rings is 3. The summed E-state index contributed by atoms with van der Waals surface area (Å²) in [5.41, 5.74) is 2.07. The average Bonchev–Trinajstić information content (AvgIpc) is 2.95. The van der Waals surface area contributed by atoms with E-state index in [9.17, 15) is 18.0 Å². The zero-order valence-corrected chi connectivity index (χ0v) is 27.7. The smallest absolute Gasteiger partial charge is 0.264 e. The number of anilines is 1. The molecule has 0 radical (unpaired) electrons. The lowest BCUT2D eigenvalue weighted by Gasteiger charge is -2.32. The number of carbonyl (C=O) groups excluding carboxylic acids is 2. The predicted molar refractivity (Wildman–Crippen MR) is 168 cm³/mol. The maximum absolute atomic E-state index is 14.0. The highest BCUT2D eigenvalue weighted by molar-refractivity contribution is 9.10. The van der Waals surface area contributed by atoms with Crippen LogP contribution in [-0.4, -0.2) is 50.9 Å². The molecule has 2 atom stereocenters. The number of nitrogens with zero attached hydrogens (tertiary/aromatic N) is 2. The first-order valence-electron chi connectivity index (χ1n) is 13.1. The van der Waals surface area contributed by atoms with Crippen LogP contribution in [0, 0.1) is 6.92 Å². The molecule has 2 amide bonds. The van der Waals surface area contributed by atoms with Gasteiger partial charge in [0.1, 0.15) is 18.3 Å². The molecule has 0 saturated carbocycles. The standard InChI is InChI=1S/C30H35Br2N3O5S/c1-6-21(3)33-30(37)22(4)34(18-23-9-11-24(31)12-10-23)29(36)19-35(25-13-7-20(2)8-14-25)41(38,39)26-15-16-28(40-5)27(32)17-26/h7-17,21-22H,6,18-19H2,1-5H3,(H,33,37)/t21-,22-/m1/s1. The molecular weight excluding hydrogens is 674 g/mol. The number of hydrogen-bond acceptors (Lipinski definition) is 5. The van der Waals surface area contributed by atoms with E-state index in [4.69, 9.17) is 4.74 Å². The number of amides is 2. The predicted octanol–water partition coefficient (Wildman–Crippen LogP) is 6.06. The summed E-state index contributed by atoms with van der Waals surface area (Å²) in [4.78, 5) is 28.6. The molecule has 3 aromatic carbocycles. The number of hydrogen-bond donors (Lipinski definition) is 1. The third-order valence-corrected chi connectivity index (χ3v) is 9.66. The highest BCUT2D eigenvalue weighted by Gasteiger charge is 2.33. The summed E-state index contributed by atoms with van der Waals surface area (Å²) in [6.07, 6.45) is 0.732. The van der Waals surface area contributed by atoms with Crippen molar-refractivity contribution in [2.24, 2.45) is 0 Å². The summed E-state index contributed by atoms with van der Waals surface area (Å²) >= 11 is 6.78. The van der Waals surface area contributed by atoms with Crippen LogP contribution in [0.5, 0.6) is 5.75 Å². The van der Waals surface area contributed by atoms with E-state index in [-0.39, 0.29) is 23.4 Å². The van der Waals surface area contributed by atoms with Crippen molar-refractivity contribution >= 4 is 59.4 Å². The molecule has 0 aliphatic rings. The lowest BCUT2D eigenvalue weighted by Crippen LogP contribution is -2.52. The Morgan fingerprint density at radius 3 is 2.17 bits per heavy atom. The van der Waals surface area contributed by atoms with E-state index < -0.39 is 28.5 Å². The lowest BCUT2D eigenvalue weighted by atomic mass is 10.1. The van der Waals surface area contributed by atoms with Crippen molar-refractivity contribution in [3.8, 4) is 5.75 Å². The molecule has 0 aromatic heterocycles. The zero-order valence-electron chi connectivity index (χ0n) is 23.7. The molecule has 0 heterocycles. The normalized spacial score (nSPS) is 12.8. The van der Waals surface area contributed by atoms with Crippen LogP contribution in [0.2, 0.25) is 0 Å². The van der Waals surface area contributed by atoms with Gasteiger partial charge in [0.25, 0.3) is 10.0 Å². The Bertz CT molecular complexity index is 1460. The van der Waals surface area contributed by atoms with Crippen LogP contribution in [0.15, 0.2) is 80.6 Å². The van der Waals surface area contributed by atoms with Crippen molar-refractivity contribution in [1.82, 2.24) is 10.2 Å². The van der Waals surface area contributed by atoms with Crippen LogP contribution in [0.1, 0.15) is 38.3 Å².